The van der Waals surface area contributed by atoms with Gasteiger partial charge in [0.1, 0.15) is 17.8 Å². The second-order valence-electron chi connectivity index (χ2n) is 6.96. The van der Waals surface area contributed by atoms with Crippen molar-refractivity contribution in [3.8, 4) is 23.0 Å². The van der Waals surface area contributed by atoms with E-state index in [1.165, 1.54) is 18.7 Å². The van der Waals surface area contributed by atoms with Crippen LogP contribution in [0.25, 0.3) is 11.5 Å². The summed E-state index contributed by atoms with van der Waals surface area (Å²) < 4.78 is 40.7. The van der Waals surface area contributed by atoms with E-state index in [0.29, 0.717) is 36.1 Å². The van der Waals surface area contributed by atoms with Gasteiger partial charge in [0.2, 0.25) is 5.89 Å². The van der Waals surface area contributed by atoms with E-state index in [2.05, 4.69) is 25.3 Å². The van der Waals surface area contributed by atoms with E-state index in [9.17, 15) is 8.78 Å². The van der Waals surface area contributed by atoms with Gasteiger partial charge in [-0.05, 0) is 37.3 Å². The summed E-state index contributed by atoms with van der Waals surface area (Å²) in [7, 11) is 3.14. The van der Waals surface area contributed by atoms with Crippen molar-refractivity contribution in [1.82, 2.24) is 15.6 Å². The zero-order valence-corrected chi connectivity index (χ0v) is 18.2. The molecule has 0 saturated carbocycles. The van der Waals surface area contributed by atoms with Crippen LogP contribution in [0, 0.1) is 6.92 Å². The van der Waals surface area contributed by atoms with Gasteiger partial charge in [0.25, 0.3) is 0 Å². The maximum atomic E-state index is 12.7. The van der Waals surface area contributed by atoms with Gasteiger partial charge in [-0.2, -0.15) is 8.78 Å². The molecule has 0 unspecified atom stereocenters. The Balaban J connectivity index is 1.53. The summed E-state index contributed by atoms with van der Waals surface area (Å²) in [5.41, 5.74) is 3.42. The molecule has 0 spiro atoms. The van der Waals surface area contributed by atoms with Crippen molar-refractivity contribution in [3.63, 3.8) is 0 Å². The van der Waals surface area contributed by atoms with Crippen molar-refractivity contribution < 1.29 is 22.7 Å². The average molecular weight is 444 g/mol. The molecule has 3 rings (SSSR count). The first-order chi connectivity index (χ1) is 15.5. The summed E-state index contributed by atoms with van der Waals surface area (Å²) in [6.45, 7) is -0.108. The van der Waals surface area contributed by atoms with Gasteiger partial charge in [0, 0.05) is 37.7 Å². The number of aryl methyl sites for hydroxylation is 1. The fourth-order valence-electron chi connectivity index (χ4n) is 2.99. The average Bonchev–Trinajstić information content (AvgIpc) is 3.26. The van der Waals surface area contributed by atoms with Crippen LogP contribution >= 0.6 is 0 Å². The maximum Gasteiger partial charge on any atom is 0.387 e. The monoisotopic (exact) mass is 444 g/mol. The van der Waals surface area contributed by atoms with Crippen LogP contribution in [0.1, 0.15) is 16.8 Å². The number of aromatic nitrogens is 1. The predicted molar refractivity (Wildman–Crippen MR) is 118 cm³/mol. The fraction of sp³-hybridized carbons (Fsp3) is 0.304. The minimum atomic E-state index is -2.91. The molecule has 0 bridgehead atoms. The van der Waals surface area contributed by atoms with Gasteiger partial charge < -0.3 is 24.5 Å². The zero-order chi connectivity index (χ0) is 22.9. The molecule has 2 N–H and O–H groups in total. The number of halogens is 2. The van der Waals surface area contributed by atoms with E-state index in [4.69, 9.17) is 9.15 Å². The highest BCUT2D eigenvalue weighted by atomic mass is 19.3. The molecule has 1 aromatic heterocycles. The van der Waals surface area contributed by atoms with Gasteiger partial charge in [-0.15, -0.1) is 0 Å². The van der Waals surface area contributed by atoms with Crippen molar-refractivity contribution in [2.75, 3.05) is 20.7 Å². The summed E-state index contributed by atoms with van der Waals surface area (Å²) >= 11 is 0. The van der Waals surface area contributed by atoms with E-state index in [0.717, 1.165) is 11.3 Å². The molecule has 2 aromatic carbocycles. The van der Waals surface area contributed by atoms with Gasteiger partial charge in [0.05, 0.1) is 12.8 Å². The van der Waals surface area contributed by atoms with Gasteiger partial charge in [0.15, 0.2) is 5.96 Å². The van der Waals surface area contributed by atoms with Crippen LogP contribution in [0.4, 0.5) is 8.78 Å². The number of rotatable bonds is 9. The molecule has 9 heteroatoms. The number of nitrogens with one attached hydrogen (secondary N) is 2. The van der Waals surface area contributed by atoms with Gasteiger partial charge in [-0.25, -0.2) is 4.98 Å². The molecular formula is C23H26F2N4O3. The minimum absolute atomic E-state index is 0.0787. The number of ether oxygens (including phenoxy) is 2. The summed E-state index contributed by atoms with van der Waals surface area (Å²) in [6, 6.07) is 12.6. The SMILES string of the molecule is CN=C(NCCc1coc(-c2ccc(C)cc2)n1)NCc1cc(OC)ccc1OC(F)F. The number of hydrogen-bond acceptors (Lipinski definition) is 5. The number of nitrogens with zero attached hydrogens (tertiary/aromatic N) is 2. The number of guanidine groups is 1. The Kier molecular flexibility index (Phi) is 8.02. The standard InChI is InChI=1S/C23H26F2N4O3/c1-15-4-6-16(7-5-15)21-29-18(14-31-21)10-11-27-23(26-2)28-13-17-12-19(30-3)8-9-20(17)32-22(24)25/h4-9,12,14,22H,10-11,13H2,1-3H3,(H2,26,27,28). The summed E-state index contributed by atoms with van der Waals surface area (Å²) in [6.07, 6.45) is 2.26. The third kappa shape index (κ3) is 6.44. The maximum absolute atomic E-state index is 12.7. The number of benzene rings is 2. The van der Waals surface area contributed by atoms with Gasteiger partial charge in [-0.1, -0.05) is 17.7 Å². The normalized spacial score (nSPS) is 11.5. The van der Waals surface area contributed by atoms with E-state index in [1.54, 1.807) is 25.4 Å². The Hall–Kier alpha value is -3.62. The molecule has 32 heavy (non-hydrogen) atoms. The topological polar surface area (TPSA) is 80.9 Å². The predicted octanol–water partition coefficient (Wildman–Crippen LogP) is 4.17. The van der Waals surface area contributed by atoms with Gasteiger partial charge in [-0.3, -0.25) is 4.99 Å². The van der Waals surface area contributed by atoms with Crippen molar-refractivity contribution >= 4 is 5.96 Å². The van der Waals surface area contributed by atoms with Crippen molar-refractivity contribution in [1.29, 1.82) is 0 Å². The molecule has 0 atom stereocenters. The van der Waals surface area contributed by atoms with Crippen LogP contribution in [0.5, 0.6) is 11.5 Å². The van der Waals surface area contributed by atoms with Crippen molar-refractivity contribution in [2.24, 2.45) is 4.99 Å². The lowest BCUT2D eigenvalue weighted by molar-refractivity contribution is -0.0505. The molecule has 0 amide bonds. The molecule has 0 fully saturated rings. The van der Waals surface area contributed by atoms with Crippen LogP contribution in [0.15, 0.2) is 58.1 Å². The second kappa shape index (κ2) is 11.1. The van der Waals surface area contributed by atoms with E-state index < -0.39 is 6.61 Å². The van der Waals surface area contributed by atoms with E-state index in [-0.39, 0.29) is 12.3 Å². The van der Waals surface area contributed by atoms with Crippen LogP contribution in [0.3, 0.4) is 0 Å². The van der Waals surface area contributed by atoms with Crippen LogP contribution < -0.4 is 20.1 Å². The van der Waals surface area contributed by atoms with Crippen LogP contribution in [-0.2, 0) is 13.0 Å². The Bertz CT molecular complexity index is 1040. The highest BCUT2D eigenvalue weighted by Gasteiger charge is 2.12. The number of hydrogen-bond donors (Lipinski definition) is 2. The quantitative estimate of drug-likeness (QED) is 0.381. The third-order valence-electron chi connectivity index (χ3n) is 4.68. The second-order valence-corrected chi connectivity index (χ2v) is 6.96. The minimum Gasteiger partial charge on any atom is -0.497 e. The molecule has 0 saturated heterocycles. The fourth-order valence-corrected chi connectivity index (χ4v) is 2.99. The highest BCUT2D eigenvalue weighted by molar-refractivity contribution is 5.79. The number of oxazole rings is 1. The molecule has 1 heterocycles. The molecule has 7 nitrogen and oxygen atoms in total. The van der Waals surface area contributed by atoms with E-state index >= 15 is 0 Å². The Morgan fingerprint density at radius 3 is 2.62 bits per heavy atom. The molecule has 170 valence electrons. The molecule has 0 radical (unpaired) electrons. The molecule has 0 aliphatic heterocycles. The summed E-state index contributed by atoms with van der Waals surface area (Å²) in [5.74, 6) is 1.71. The van der Waals surface area contributed by atoms with Gasteiger partial charge >= 0.3 is 6.61 Å². The first-order valence-corrected chi connectivity index (χ1v) is 10.1. The van der Waals surface area contributed by atoms with Crippen LogP contribution in [0.2, 0.25) is 0 Å². The first kappa shape index (κ1) is 23.1. The first-order valence-electron chi connectivity index (χ1n) is 10.1. The summed E-state index contributed by atoms with van der Waals surface area (Å²) in [5, 5.41) is 6.26. The zero-order valence-electron chi connectivity index (χ0n) is 18.2. The Morgan fingerprint density at radius 1 is 1.16 bits per heavy atom. The number of methoxy groups -OCH3 is 1. The van der Waals surface area contributed by atoms with E-state index in [1.807, 2.05) is 31.2 Å². The molecule has 0 aliphatic carbocycles. The van der Waals surface area contributed by atoms with Crippen molar-refractivity contribution in [2.45, 2.75) is 26.5 Å². The summed E-state index contributed by atoms with van der Waals surface area (Å²) in [4.78, 5) is 8.68. The third-order valence-corrected chi connectivity index (χ3v) is 4.68. The highest BCUT2D eigenvalue weighted by Crippen LogP contribution is 2.25. The molecule has 0 aliphatic rings. The number of alkyl halides is 2. The largest absolute Gasteiger partial charge is 0.497 e. The Morgan fingerprint density at radius 2 is 1.94 bits per heavy atom. The lowest BCUT2D eigenvalue weighted by atomic mass is 10.1. The number of aliphatic imine (C=N–C) groups is 1. The van der Waals surface area contributed by atoms with Crippen molar-refractivity contribution in [3.05, 3.63) is 65.5 Å². The molecule has 3 aromatic rings. The van der Waals surface area contributed by atoms with Crippen LogP contribution in [-0.4, -0.2) is 38.3 Å². The lowest BCUT2D eigenvalue weighted by Crippen LogP contribution is -2.38. The lowest BCUT2D eigenvalue weighted by Gasteiger charge is -2.15. The Labute approximate surface area is 185 Å². The smallest absolute Gasteiger partial charge is 0.387 e. The molecular weight excluding hydrogens is 418 g/mol.